The monoisotopic (exact) mass is 427 g/mol. The van der Waals surface area contributed by atoms with Crippen LogP contribution in [0.5, 0.6) is 5.75 Å². The van der Waals surface area contributed by atoms with E-state index >= 15 is 0 Å². The number of benzene rings is 2. The number of para-hydroxylation sites is 2. The lowest BCUT2D eigenvalue weighted by molar-refractivity contribution is -0.139. The van der Waals surface area contributed by atoms with E-state index in [1.54, 1.807) is 7.05 Å². The normalized spacial score (nSPS) is 15.1. The smallest absolute Gasteiger partial charge is 0.419 e. The minimum Gasteiger partial charge on any atom is -0.490 e. The van der Waals surface area contributed by atoms with Gasteiger partial charge in [0.15, 0.2) is 0 Å². The second-order valence-corrected chi connectivity index (χ2v) is 7.51. The topological polar surface area (TPSA) is 58.3 Å². The number of pyridine rings is 1. The Morgan fingerprint density at radius 3 is 2.39 bits per heavy atom. The Labute approximate surface area is 176 Å². The molecule has 2 aromatic carbocycles. The summed E-state index contributed by atoms with van der Waals surface area (Å²) in [7, 11) is 1.63. The van der Waals surface area contributed by atoms with Crippen LogP contribution in [-0.4, -0.2) is 23.8 Å². The maximum Gasteiger partial charge on any atom is 0.419 e. The SMILES string of the molecule is Cn1c(=O)c(C#N)c(N2CCC(Oc3ccccc3C(F)(F)F)CC2)c2ccccc21. The number of nitrogens with zero attached hydrogens (tertiary/aromatic N) is 3. The fourth-order valence-electron chi connectivity index (χ4n) is 4.09. The first-order valence-electron chi connectivity index (χ1n) is 9.91. The van der Waals surface area contributed by atoms with Gasteiger partial charge < -0.3 is 14.2 Å². The molecule has 1 aromatic heterocycles. The molecule has 8 heteroatoms. The number of halogens is 3. The third-order valence-corrected chi connectivity index (χ3v) is 5.63. The summed E-state index contributed by atoms with van der Waals surface area (Å²) in [5.41, 5.74) is 0.215. The molecule has 2 heterocycles. The fourth-order valence-corrected chi connectivity index (χ4v) is 4.09. The van der Waals surface area contributed by atoms with Gasteiger partial charge in [-0.1, -0.05) is 30.3 Å². The predicted octanol–water partition coefficient (Wildman–Crippen LogP) is 4.48. The first kappa shape index (κ1) is 20.8. The van der Waals surface area contributed by atoms with Gasteiger partial charge in [-0.3, -0.25) is 4.79 Å². The van der Waals surface area contributed by atoms with Crippen molar-refractivity contribution in [1.82, 2.24) is 4.57 Å². The first-order valence-corrected chi connectivity index (χ1v) is 9.91. The first-order chi connectivity index (χ1) is 14.8. The molecule has 3 aromatic rings. The van der Waals surface area contributed by atoms with Gasteiger partial charge in [0.25, 0.3) is 5.56 Å². The Kier molecular flexibility index (Phi) is 5.36. The molecule has 1 saturated heterocycles. The molecular formula is C23H20F3N3O2. The van der Waals surface area contributed by atoms with Crippen molar-refractivity contribution in [3.63, 3.8) is 0 Å². The number of aromatic nitrogens is 1. The van der Waals surface area contributed by atoms with Crippen molar-refractivity contribution in [2.24, 2.45) is 7.05 Å². The molecule has 1 fully saturated rings. The van der Waals surface area contributed by atoms with E-state index in [-0.39, 0.29) is 23.0 Å². The van der Waals surface area contributed by atoms with Crippen molar-refractivity contribution >= 4 is 16.6 Å². The third kappa shape index (κ3) is 3.83. The molecule has 4 rings (SSSR count). The second-order valence-electron chi connectivity index (χ2n) is 7.51. The zero-order valence-corrected chi connectivity index (χ0v) is 16.8. The van der Waals surface area contributed by atoms with Crippen molar-refractivity contribution in [2.45, 2.75) is 25.1 Å². The molecule has 5 nitrogen and oxygen atoms in total. The molecule has 0 aliphatic carbocycles. The predicted molar refractivity (Wildman–Crippen MR) is 111 cm³/mol. The van der Waals surface area contributed by atoms with Gasteiger partial charge >= 0.3 is 6.18 Å². The summed E-state index contributed by atoms with van der Waals surface area (Å²) in [6, 6.07) is 14.6. The number of rotatable bonds is 3. The summed E-state index contributed by atoms with van der Waals surface area (Å²) < 4.78 is 46.9. The molecule has 0 N–H and O–H groups in total. The largest absolute Gasteiger partial charge is 0.490 e. The number of ether oxygens (including phenoxy) is 1. The van der Waals surface area contributed by atoms with Crippen molar-refractivity contribution in [3.8, 4) is 11.8 Å². The summed E-state index contributed by atoms with van der Waals surface area (Å²) in [6.45, 7) is 0.926. The third-order valence-electron chi connectivity index (χ3n) is 5.63. The summed E-state index contributed by atoms with van der Waals surface area (Å²) in [5, 5.41) is 10.4. The molecule has 0 amide bonds. The van der Waals surface area contributed by atoms with Gasteiger partial charge in [0, 0.05) is 38.4 Å². The summed E-state index contributed by atoms with van der Waals surface area (Å²) in [5.74, 6) is -0.176. The number of nitriles is 1. The molecule has 0 spiro atoms. The highest BCUT2D eigenvalue weighted by atomic mass is 19.4. The van der Waals surface area contributed by atoms with E-state index in [1.165, 1.54) is 22.8 Å². The number of piperidine rings is 1. The fraction of sp³-hybridized carbons (Fsp3) is 0.304. The van der Waals surface area contributed by atoms with E-state index in [9.17, 15) is 23.2 Å². The number of alkyl halides is 3. The molecule has 160 valence electrons. The van der Waals surface area contributed by atoms with E-state index in [0.29, 0.717) is 31.6 Å². The van der Waals surface area contributed by atoms with Gasteiger partial charge in [0.05, 0.1) is 16.8 Å². The van der Waals surface area contributed by atoms with Gasteiger partial charge in [-0.05, 0) is 18.2 Å². The summed E-state index contributed by atoms with van der Waals surface area (Å²) in [6.07, 6.45) is -3.92. The van der Waals surface area contributed by atoms with Crippen molar-refractivity contribution in [1.29, 1.82) is 5.26 Å². The van der Waals surface area contributed by atoms with E-state index in [4.69, 9.17) is 4.74 Å². The van der Waals surface area contributed by atoms with E-state index in [1.807, 2.05) is 35.2 Å². The quantitative estimate of drug-likeness (QED) is 0.619. The number of hydrogen-bond acceptors (Lipinski definition) is 4. The maximum absolute atomic E-state index is 13.2. The zero-order valence-electron chi connectivity index (χ0n) is 16.8. The highest BCUT2D eigenvalue weighted by molar-refractivity contribution is 5.94. The van der Waals surface area contributed by atoms with Gasteiger partial charge in [-0.2, -0.15) is 18.4 Å². The molecular weight excluding hydrogens is 407 g/mol. The Balaban J connectivity index is 1.60. The van der Waals surface area contributed by atoms with Crippen LogP contribution >= 0.6 is 0 Å². The van der Waals surface area contributed by atoms with Gasteiger partial charge in [0.2, 0.25) is 0 Å². The van der Waals surface area contributed by atoms with Crippen LogP contribution in [0.1, 0.15) is 24.0 Å². The van der Waals surface area contributed by atoms with Crippen LogP contribution in [-0.2, 0) is 13.2 Å². The molecule has 0 saturated carbocycles. The lowest BCUT2D eigenvalue weighted by Gasteiger charge is -2.35. The van der Waals surface area contributed by atoms with Crippen LogP contribution in [0, 0.1) is 11.3 Å². The Morgan fingerprint density at radius 2 is 1.71 bits per heavy atom. The highest BCUT2D eigenvalue weighted by Crippen LogP contribution is 2.37. The number of anilines is 1. The number of aryl methyl sites for hydroxylation is 1. The molecule has 1 aliphatic heterocycles. The van der Waals surface area contributed by atoms with E-state index in [2.05, 4.69) is 0 Å². The lowest BCUT2D eigenvalue weighted by Crippen LogP contribution is -2.40. The average molecular weight is 427 g/mol. The standard InChI is InChI=1S/C23H20F3N3O2/c1-28-19-8-4-2-6-16(19)21(17(14-27)22(28)30)29-12-10-15(11-13-29)31-20-9-5-3-7-18(20)23(24,25)26/h2-9,15H,10-13H2,1H3. The van der Waals surface area contributed by atoms with Crippen LogP contribution in [0.3, 0.4) is 0 Å². The average Bonchev–Trinajstić information content (AvgIpc) is 2.76. The number of fused-ring (bicyclic) bond motifs is 1. The number of hydrogen-bond donors (Lipinski definition) is 0. The van der Waals surface area contributed by atoms with Crippen LogP contribution in [0.15, 0.2) is 53.3 Å². The van der Waals surface area contributed by atoms with E-state index in [0.717, 1.165) is 17.0 Å². The van der Waals surface area contributed by atoms with Crippen LogP contribution in [0.2, 0.25) is 0 Å². The molecule has 0 bridgehead atoms. The Bertz CT molecular complexity index is 1220. The second kappa shape index (κ2) is 7.99. The Hall–Kier alpha value is -3.47. The van der Waals surface area contributed by atoms with Crippen LogP contribution < -0.4 is 15.2 Å². The summed E-state index contributed by atoms with van der Waals surface area (Å²) in [4.78, 5) is 14.7. The van der Waals surface area contributed by atoms with Crippen LogP contribution in [0.25, 0.3) is 10.9 Å². The molecule has 0 unspecified atom stereocenters. The van der Waals surface area contributed by atoms with E-state index < -0.39 is 11.7 Å². The van der Waals surface area contributed by atoms with Gasteiger partial charge in [0.1, 0.15) is 23.5 Å². The maximum atomic E-state index is 13.2. The molecule has 0 radical (unpaired) electrons. The van der Waals surface area contributed by atoms with Crippen molar-refractivity contribution < 1.29 is 17.9 Å². The molecule has 31 heavy (non-hydrogen) atoms. The highest BCUT2D eigenvalue weighted by Gasteiger charge is 2.35. The minimum atomic E-state index is -4.48. The molecule has 0 atom stereocenters. The zero-order chi connectivity index (χ0) is 22.2. The molecule has 1 aliphatic rings. The minimum absolute atomic E-state index is 0.0722. The van der Waals surface area contributed by atoms with Crippen molar-refractivity contribution in [3.05, 3.63) is 70.0 Å². The summed E-state index contributed by atoms with van der Waals surface area (Å²) >= 11 is 0. The van der Waals surface area contributed by atoms with Crippen LogP contribution in [0.4, 0.5) is 18.9 Å². The van der Waals surface area contributed by atoms with Gasteiger partial charge in [-0.15, -0.1) is 0 Å². The van der Waals surface area contributed by atoms with Crippen molar-refractivity contribution in [2.75, 3.05) is 18.0 Å². The van der Waals surface area contributed by atoms with Gasteiger partial charge in [-0.25, -0.2) is 0 Å². The lowest BCUT2D eigenvalue weighted by atomic mass is 10.0. The Morgan fingerprint density at radius 1 is 1.06 bits per heavy atom.